The number of carboxylic acid groups (broad SMARTS) is 1. The number of carbonyl (C=O) groups is 2. The number of carbonyl (C=O) groups excluding carboxylic acids is 1. The lowest BCUT2D eigenvalue weighted by Crippen LogP contribution is -2.27. The molecule has 0 bridgehead atoms. The molecule has 0 spiro atoms. The van der Waals surface area contributed by atoms with Gasteiger partial charge >= 0.3 is 12.6 Å². The number of hydrogen-bond donors (Lipinski definition) is 1. The average Bonchev–Trinajstić information content (AvgIpc) is 3.39. The van der Waals surface area contributed by atoms with Crippen LogP contribution in [0.3, 0.4) is 0 Å². The molecule has 3 aromatic rings. The van der Waals surface area contributed by atoms with E-state index >= 15 is 0 Å². The maximum absolute atomic E-state index is 14.6. The molecule has 1 aliphatic rings. The molecule has 1 amide bonds. The molecule has 190 valence electrons. The van der Waals surface area contributed by atoms with Crippen LogP contribution in [-0.4, -0.2) is 52.7 Å². The Labute approximate surface area is 205 Å². The number of halogens is 3. The minimum atomic E-state index is -3.23. The Morgan fingerprint density at radius 3 is 2.39 bits per heavy atom. The molecular formula is C26H25F3N2O5. The Morgan fingerprint density at radius 1 is 1.08 bits per heavy atom. The fourth-order valence-corrected chi connectivity index (χ4v) is 4.25. The highest BCUT2D eigenvalue weighted by Crippen LogP contribution is 2.39. The predicted octanol–water partition coefficient (Wildman–Crippen LogP) is 5.04. The number of hydrogen-bond acceptors (Lipinski definition) is 5. The predicted molar refractivity (Wildman–Crippen MR) is 125 cm³/mol. The molecule has 1 aromatic heterocycles. The number of nitrogens with zero attached hydrogens (tertiary/aromatic N) is 2. The van der Waals surface area contributed by atoms with Crippen molar-refractivity contribution in [3.8, 4) is 11.5 Å². The van der Waals surface area contributed by atoms with Gasteiger partial charge in [0.05, 0.1) is 5.39 Å². The van der Waals surface area contributed by atoms with Crippen molar-refractivity contribution >= 4 is 22.8 Å². The highest BCUT2D eigenvalue weighted by Gasteiger charge is 2.25. The number of likely N-dealkylation sites (tertiary alicyclic amines) is 1. The van der Waals surface area contributed by atoms with Crippen LogP contribution < -0.4 is 9.47 Å². The molecule has 4 rings (SSSR count). The van der Waals surface area contributed by atoms with Gasteiger partial charge in [-0.05, 0) is 49.1 Å². The molecule has 7 nitrogen and oxygen atoms in total. The minimum Gasteiger partial charge on any atom is -0.479 e. The molecule has 2 heterocycles. The van der Waals surface area contributed by atoms with Crippen molar-refractivity contribution in [2.45, 2.75) is 45.3 Å². The number of fused-ring (bicyclic) bond motifs is 1. The Balaban J connectivity index is 1.72. The van der Waals surface area contributed by atoms with Crippen LogP contribution in [0.1, 0.15) is 47.7 Å². The van der Waals surface area contributed by atoms with Crippen molar-refractivity contribution < 1.29 is 37.3 Å². The first-order valence-corrected chi connectivity index (χ1v) is 11.6. The number of ether oxygens (including phenoxy) is 2. The molecule has 2 aromatic carbocycles. The molecule has 1 N–H and O–H groups in total. The average molecular weight is 502 g/mol. The van der Waals surface area contributed by atoms with E-state index in [9.17, 15) is 27.9 Å². The third kappa shape index (κ3) is 5.37. The molecular weight excluding hydrogens is 477 g/mol. The number of rotatable bonds is 9. The Hall–Kier alpha value is -3.82. The quantitative estimate of drug-likeness (QED) is 0.441. The van der Waals surface area contributed by atoms with Crippen molar-refractivity contribution in [1.82, 2.24) is 9.88 Å². The standard InChI is InChI=1S/C26H25F3N2O5/c1-2-19(25(33)34)35-20-10-9-18(27)22-21(20)23(36-26(28)29)17(14-30-22)13-15-5-7-16(8-6-15)24(32)31-11-3-4-12-31/h5-10,14,19,26H,2-4,11-13H2,1H3,(H,33,34). The lowest BCUT2D eigenvalue weighted by molar-refractivity contribution is -0.145. The third-order valence-electron chi connectivity index (χ3n) is 6.07. The summed E-state index contributed by atoms with van der Waals surface area (Å²) in [5, 5.41) is 9.19. The molecule has 10 heteroatoms. The number of carboxylic acids is 1. The summed E-state index contributed by atoms with van der Waals surface area (Å²) in [4.78, 5) is 29.9. The fraction of sp³-hybridized carbons (Fsp3) is 0.346. The molecule has 0 saturated carbocycles. The first-order valence-electron chi connectivity index (χ1n) is 11.6. The molecule has 1 fully saturated rings. The zero-order valence-electron chi connectivity index (χ0n) is 19.5. The minimum absolute atomic E-state index is 0.0608. The van der Waals surface area contributed by atoms with Crippen molar-refractivity contribution in [1.29, 1.82) is 0 Å². The maximum atomic E-state index is 14.6. The van der Waals surface area contributed by atoms with E-state index in [4.69, 9.17) is 9.47 Å². The number of aromatic nitrogens is 1. The smallest absolute Gasteiger partial charge is 0.387 e. The van der Waals surface area contributed by atoms with E-state index in [-0.39, 0.29) is 46.7 Å². The summed E-state index contributed by atoms with van der Waals surface area (Å²) in [5.74, 6) is -2.58. The molecule has 1 saturated heterocycles. The second-order valence-electron chi connectivity index (χ2n) is 8.49. The van der Waals surface area contributed by atoms with Gasteiger partial charge < -0.3 is 19.5 Å². The SMILES string of the molecule is CCC(Oc1ccc(F)c2ncc(Cc3ccc(C(=O)N4CCCC4)cc3)c(OC(F)F)c12)C(=O)O. The molecule has 36 heavy (non-hydrogen) atoms. The van der Waals surface area contributed by atoms with Gasteiger partial charge in [-0.1, -0.05) is 19.1 Å². The number of alkyl halides is 2. The van der Waals surface area contributed by atoms with Crippen LogP contribution in [-0.2, 0) is 11.2 Å². The number of amides is 1. The summed E-state index contributed by atoms with van der Waals surface area (Å²) in [5.41, 5.74) is 1.15. The first-order chi connectivity index (χ1) is 17.3. The molecule has 0 radical (unpaired) electrons. The zero-order valence-corrected chi connectivity index (χ0v) is 19.5. The van der Waals surface area contributed by atoms with E-state index in [1.54, 1.807) is 36.1 Å². The maximum Gasteiger partial charge on any atom is 0.387 e. The molecule has 0 aliphatic carbocycles. The lowest BCUT2D eigenvalue weighted by Gasteiger charge is -2.19. The van der Waals surface area contributed by atoms with Crippen LogP contribution >= 0.6 is 0 Å². The van der Waals surface area contributed by atoms with E-state index in [1.165, 1.54) is 12.3 Å². The highest BCUT2D eigenvalue weighted by molar-refractivity contribution is 5.94. The van der Waals surface area contributed by atoms with Crippen molar-refractivity contribution in [2.75, 3.05) is 13.1 Å². The van der Waals surface area contributed by atoms with E-state index < -0.39 is 24.5 Å². The van der Waals surface area contributed by atoms with Gasteiger partial charge in [-0.25, -0.2) is 9.18 Å². The highest BCUT2D eigenvalue weighted by atomic mass is 19.3. The molecule has 1 unspecified atom stereocenters. The van der Waals surface area contributed by atoms with Crippen LogP contribution in [0.2, 0.25) is 0 Å². The van der Waals surface area contributed by atoms with E-state index in [1.807, 2.05) is 0 Å². The second kappa shape index (κ2) is 10.8. The van der Waals surface area contributed by atoms with Gasteiger partial charge in [0, 0.05) is 36.8 Å². The number of benzene rings is 2. The third-order valence-corrected chi connectivity index (χ3v) is 6.07. The lowest BCUT2D eigenvalue weighted by atomic mass is 10.0. The molecule has 1 aliphatic heterocycles. The zero-order chi connectivity index (χ0) is 25.8. The van der Waals surface area contributed by atoms with Gasteiger partial charge in [-0.3, -0.25) is 9.78 Å². The topological polar surface area (TPSA) is 89.0 Å². The summed E-state index contributed by atoms with van der Waals surface area (Å²) >= 11 is 0. The van der Waals surface area contributed by atoms with Gasteiger partial charge in [0.2, 0.25) is 0 Å². The summed E-state index contributed by atoms with van der Waals surface area (Å²) in [6.45, 7) is -0.200. The second-order valence-corrected chi connectivity index (χ2v) is 8.49. The van der Waals surface area contributed by atoms with Gasteiger partial charge in [-0.15, -0.1) is 0 Å². The normalized spacial score (nSPS) is 14.3. The van der Waals surface area contributed by atoms with Crippen molar-refractivity contribution in [3.05, 3.63) is 65.1 Å². The van der Waals surface area contributed by atoms with Gasteiger partial charge in [0.15, 0.2) is 6.10 Å². The Bertz CT molecular complexity index is 1260. The largest absolute Gasteiger partial charge is 0.479 e. The van der Waals surface area contributed by atoms with Crippen LogP contribution in [0.4, 0.5) is 13.2 Å². The van der Waals surface area contributed by atoms with Crippen LogP contribution in [0.5, 0.6) is 11.5 Å². The number of pyridine rings is 1. The fourth-order valence-electron chi connectivity index (χ4n) is 4.25. The van der Waals surface area contributed by atoms with Gasteiger partial charge in [0.1, 0.15) is 22.8 Å². The monoisotopic (exact) mass is 502 g/mol. The summed E-state index contributed by atoms with van der Waals surface area (Å²) in [6, 6.07) is 8.96. The van der Waals surface area contributed by atoms with Crippen LogP contribution in [0.25, 0.3) is 10.9 Å². The summed E-state index contributed by atoms with van der Waals surface area (Å²) in [7, 11) is 0. The van der Waals surface area contributed by atoms with Gasteiger partial charge in [0.25, 0.3) is 5.91 Å². The van der Waals surface area contributed by atoms with Crippen LogP contribution in [0.15, 0.2) is 42.6 Å². The van der Waals surface area contributed by atoms with Crippen molar-refractivity contribution in [2.24, 2.45) is 0 Å². The van der Waals surface area contributed by atoms with Crippen LogP contribution in [0, 0.1) is 5.82 Å². The van der Waals surface area contributed by atoms with Gasteiger partial charge in [-0.2, -0.15) is 8.78 Å². The van der Waals surface area contributed by atoms with E-state index in [2.05, 4.69) is 4.98 Å². The Morgan fingerprint density at radius 2 is 1.78 bits per heavy atom. The number of aliphatic carboxylic acids is 1. The molecule has 1 atom stereocenters. The summed E-state index contributed by atoms with van der Waals surface area (Å²) < 4.78 is 51.8. The van der Waals surface area contributed by atoms with E-state index in [0.29, 0.717) is 11.1 Å². The summed E-state index contributed by atoms with van der Waals surface area (Å²) in [6.07, 6.45) is 2.10. The first kappa shape index (κ1) is 25.3. The van der Waals surface area contributed by atoms with Crippen molar-refractivity contribution in [3.63, 3.8) is 0 Å². The van der Waals surface area contributed by atoms with E-state index in [0.717, 1.165) is 32.0 Å². The Kier molecular flexibility index (Phi) is 7.61.